The molecule has 0 N–H and O–H groups in total. The maximum Gasteiger partial charge on any atom is 0.338 e. The molecule has 35 heavy (non-hydrogen) atoms. The van der Waals surface area contributed by atoms with Crippen molar-refractivity contribution in [1.82, 2.24) is 4.98 Å². The second-order valence-electron chi connectivity index (χ2n) is 8.82. The fraction of sp³-hybridized carbons (Fsp3) is 0.179. The number of para-hydroxylation sites is 1. The Hall–Kier alpha value is -4.26. The minimum absolute atomic E-state index is 0.174. The molecule has 0 bridgehead atoms. The minimum Gasteiger partial charge on any atom is -0.575 e. The maximum atomic E-state index is 13.9. The first kappa shape index (κ1) is 22.5. The molecular weight excluding hydrogens is 447 g/mol. The van der Waals surface area contributed by atoms with Gasteiger partial charge in [0, 0.05) is 17.5 Å². The van der Waals surface area contributed by atoms with Crippen molar-refractivity contribution < 1.29 is 28.3 Å². The zero-order valence-corrected chi connectivity index (χ0v) is 19.2. The third-order valence-electron chi connectivity index (χ3n) is 5.96. The summed E-state index contributed by atoms with van der Waals surface area (Å²) < 4.78 is 26.6. The predicted octanol–water partition coefficient (Wildman–Crippen LogP) is 3.92. The van der Waals surface area contributed by atoms with Crippen LogP contribution in [0.2, 0.25) is 0 Å². The van der Waals surface area contributed by atoms with E-state index in [1.807, 2.05) is 71.6 Å². The molecule has 0 saturated carbocycles. The molecule has 0 radical (unpaired) electrons. The Balaban J connectivity index is 1.77. The van der Waals surface area contributed by atoms with Crippen LogP contribution in [-0.2, 0) is 14.3 Å². The zero-order chi connectivity index (χ0) is 24.6. The zero-order valence-electron chi connectivity index (χ0n) is 19.2. The summed E-state index contributed by atoms with van der Waals surface area (Å²) in [6, 6.07) is 22.1. The van der Waals surface area contributed by atoms with Crippen LogP contribution in [-0.4, -0.2) is 16.7 Å². The molecule has 4 aromatic rings. The Morgan fingerprint density at radius 3 is 2.34 bits per heavy atom. The van der Waals surface area contributed by atoms with Gasteiger partial charge in [-0.15, -0.1) is 0 Å². The lowest BCUT2D eigenvalue weighted by Crippen LogP contribution is -2.48. The highest BCUT2D eigenvalue weighted by molar-refractivity contribution is 5.91. The van der Waals surface area contributed by atoms with E-state index in [2.05, 4.69) is 0 Å². The molecule has 1 aliphatic heterocycles. The van der Waals surface area contributed by atoms with E-state index in [-0.39, 0.29) is 5.57 Å². The Labute approximate surface area is 201 Å². The van der Waals surface area contributed by atoms with Gasteiger partial charge in [0.15, 0.2) is 18.2 Å². The molecule has 176 valence electrons. The molecule has 5 rings (SSSR count). The van der Waals surface area contributed by atoms with E-state index in [0.29, 0.717) is 11.3 Å². The fourth-order valence-corrected chi connectivity index (χ4v) is 4.43. The van der Waals surface area contributed by atoms with E-state index in [9.17, 15) is 14.3 Å². The average molecular weight is 471 g/mol. The summed E-state index contributed by atoms with van der Waals surface area (Å²) in [5.41, 5.74) is 1.76. The Morgan fingerprint density at radius 2 is 1.63 bits per heavy atom. The van der Waals surface area contributed by atoms with Gasteiger partial charge in [-0.1, -0.05) is 42.5 Å². The number of carbonyl (C=O) groups is 1. The number of ether oxygens (including phenoxy) is 2. The summed E-state index contributed by atoms with van der Waals surface area (Å²) >= 11 is 0. The molecule has 2 aromatic heterocycles. The number of rotatable bonds is 5. The van der Waals surface area contributed by atoms with E-state index in [0.717, 1.165) is 10.9 Å². The molecule has 7 heteroatoms. The molecular formula is C28H23FN2O4. The second-order valence-corrected chi connectivity index (χ2v) is 8.82. The van der Waals surface area contributed by atoms with Crippen molar-refractivity contribution in [1.29, 1.82) is 0 Å². The third kappa shape index (κ3) is 4.45. The van der Waals surface area contributed by atoms with Crippen molar-refractivity contribution in [2.24, 2.45) is 0 Å². The normalized spacial score (nSPS) is 16.9. The van der Waals surface area contributed by atoms with E-state index in [4.69, 9.17) is 14.5 Å². The Kier molecular flexibility index (Phi) is 5.68. The van der Waals surface area contributed by atoms with Crippen LogP contribution in [0.15, 0.2) is 103 Å². The highest BCUT2D eigenvalue weighted by atomic mass is 19.1. The lowest BCUT2D eigenvalue weighted by Gasteiger charge is -2.41. The monoisotopic (exact) mass is 470 g/mol. The van der Waals surface area contributed by atoms with Crippen LogP contribution in [0.5, 0.6) is 0 Å². The van der Waals surface area contributed by atoms with Crippen LogP contribution < -0.4 is 9.67 Å². The summed E-state index contributed by atoms with van der Waals surface area (Å²) in [5, 5.41) is 14.2. The highest BCUT2D eigenvalue weighted by Crippen LogP contribution is 2.41. The third-order valence-corrected chi connectivity index (χ3v) is 5.96. The number of aromatic nitrogens is 2. The minimum atomic E-state index is -1.39. The summed E-state index contributed by atoms with van der Waals surface area (Å²) in [5.74, 6) is -4.24. The number of esters is 1. The van der Waals surface area contributed by atoms with Crippen molar-refractivity contribution in [2.75, 3.05) is 0 Å². The number of hydrogen-bond acceptors (Lipinski definition) is 5. The first-order valence-corrected chi connectivity index (χ1v) is 11.2. The molecule has 6 nitrogen and oxygen atoms in total. The summed E-state index contributed by atoms with van der Waals surface area (Å²) in [6.07, 6.45) is 3.67. The SMILES string of the molecule is CC1(C)OC(=O)C(C(c2ccc(F)cc2)C(c2ccc3ccccc3n2)[n+]2ccccc2)=C([O-])O1. The molecule has 0 spiro atoms. The molecule has 2 unspecified atom stereocenters. The van der Waals surface area contributed by atoms with E-state index in [1.54, 1.807) is 12.1 Å². The quantitative estimate of drug-likeness (QED) is 0.327. The van der Waals surface area contributed by atoms with Gasteiger partial charge in [-0.2, -0.15) is 4.57 Å². The Bertz CT molecular complexity index is 1420. The van der Waals surface area contributed by atoms with Gasteiger partial charge in [-0.3, -0.25) is 0 Å². The lowest BCUT2D eigenvalue weighted by molar-refractivity contribution is -0.716. The van der Waals surface area contributed by atoms with Crippen LogP contribution in [0.25, 0.3) is 10.9 Å². The molecule has 0 saturated heterocycles. The number of nitrogens with zero attached hydrogens (tertiary/aromatic N) is 2. The van der Waals surface area contributed by atoms with Gasteiger partial charge in [-0.05, 0) is 43.7 Å². The molecule has 0 fully saturated rings. The summed E-state index contributed by atoms with van der Waals surface area (Å²) in [6.45, 7) is 3.00. The first-order valence-electron chi connectivity index (χ1n) is 11.2. The van der Waals surface area contributed by atoms with Crippen molar-refractivity contribution >= 4 is 16.9 Å². The Morgan fingerprint density at radius 1 is 0.914 bits per heavy atom. The van der Waals surface area contributed by atoms with Crippen LogP contribution in [0.4, 0.5) is 4.39 Å². The standard InChI is InChI=1S/C28H23FN2O4/c1-28(2)34-26(32)24(27(33)35-28)23(19-10-13-20(29)14-11-19)25(31-16-6-3-7-17-31)22-15-12-18-8-4-5-9-21(18)30-22/h3-17,23,25H,1-2H3. The lowest BCUT2D eigenvalue weighted by atomic mass is 9.82. The van der Waals surface area contributed by atoms with Gasteiger partial charge < -0.3 is 14.6 Å². The number of benzene rings is 2. The smallest absolute Gasteiger partial charge is 0.338 e. The van der Waals surface area contributed by atoms with E-state index >= 15 is 0 Å². The number of pyridine rings is 2. The molecule has 0 aliphatic carbocycles. The molecule has 1 aliphatic rings. The van der Waals surface area contributed by atoms with Crippen molar-refractivity contribution in [3.8, 4) is 0 Å². The van der Waals surface area contributed by atoms with E-state index < -0.39 is 35.5 Å². The number of fused-ring (bicyclic) bond motifs is 1. The van der Waals surface area contributed by atoms with Crippen LogP contribution in [0.3, 0.4) is 0 Å². The fourth-order valence-electron chi connectivity index (χ4n) is 4.43. The number of hydrogen-bond donors (Lipinski definition) is 0. The van der Waals surface area contributed by atoms with Gasteiger partial charge in [0.2, 0.25) is 6.04 Å². The molecule has 2 atom stereocenters. The molecule has 2 aromatic carbocycles. The van der Waals surface area contributed by atoms with Crippen molar-refractivity contribution in [2.45, 2.75) is 31.6 Å². The highest BCUT2D eigenvalue weighted by Gasteiger charge is 2.43. The first-order chi connectivity index (χ1) is 16.8. The predicted molar refractivity (Wildman–Crippen MR) is 124 cm³/mol. The second kappa shape index (κ2) is 8.83. The topological polar surface area (TPSA) is 75.4 Å². The van der Waals surface area contributed by atoms with Gasteiger partial charge in [0.25, 0.3) is 0 Å². The summed E-state index contributed by atoms with van der Waals surface area (Å²) in [7, 11) is 0. The number of cyclic esters (lactones) is 1. The average Bonchev–Trinajstić information content (AvgIpc) is 2.83. The van der Waals surface area contributed by atoms with Crippen LogP contribution in [0, 0.1) is 5.82 Å². The molecule has 0 amide bonds. The molecule has 3 heterocycles. The van der Waals surface area contributed by atoms with Crippen molar-refractivity contribution in [3.63, 3.8) is 0 Å². The largest absolute Gasteiger partial charge is 0.575 e. The number of halogens is 1. The summed E-state index contributed by atoms with van der Waals surface area (Å²) in [4.78, 5) is 18.1. The van der Waals surface area contributed by atoms with E-state index in [1.165, 1.54) is 26.0 Å². The van der Waals surface area contributed by atoms with Gasteiger partial charge in [-0.25, -0.2) is 14.2 Å². The van der Waals surface area contributed by atoms with Gasteiger partial charge in [0.05, 0.1) is 23.0 Å². The van der Waals surface area contributed by atoms with Crippen LogP contribution >= 0.6 is 0 Å². The van der Waals surface area contributed by atoms with Gasteiger partial charge >= 0.3 is 5.97 Å². The maximum absolute atomic E-state index is 13.9. The van der Waals surface area contributed by atoms with Crippen molar-refractivity contribution in [3.05, 3.63) is 120 Å². The van der Waals surface area contributed by atoms with Crippen LogP contribution in [0.1, 0.15) is 37.1 Å². The van der Waals surface area contributed by atoms with Gasteiger partial charge in [0.1, 0.15) is 11.5 Å². The number of carbonyl (C=O) groups excluding carboxylic acids is 1.